The molecule has 1 aliphatic rings. The molecule has 1 fully saturated rings. The Labute approximate surface area is 162 Å². The number of hydrogen-bond acceptors (Lipinski definition) is 3. The van der Waals surface area contributed by atoms with Gasteiger partial charge < -0.3 is 10.2 Å². The standard InChI is InChI=1S/C20H24F2N4O2/c1-12(2)18(24-19(27)17-14(21)4-3-5-15(17)22)20(28)26-10-7-13(8-11-26)16-6-9-23-25-16/h3-6,9,12-13,18H,7-8,10-11H2,1-2H3,(H,23,25)(H,24,27). The normalized spacial score (nSPS) is 16.2. The van der Waals surface area contributed by atoms with Gasteiger partial charge in [0.15, 0.2) is 0 Å². The van der Waals surface area contributed by atoms with Crippen molar-refractivity contribution in [3.8, 4) is 0 Å². The third-order valence-corrected chi connectivity index (χ3v) is 5.18. The summed E-state index contributed by atoms with van der Waals surface area (Å²) in [5.41, 5.74) is 0.384. The predicted octanol–water partition coefficient (Wildman–Crippen LogP) is 2.85. The fourth-order valence-corrected chi connectivity index (χ4v) is 3.54. The molecule has 0 bridgehead atoms. The van der Waals surface area contributed by atoms with Crippen LogP contribution in [0.4, 0.5) is 8.78 Å². The quantitative estimate of drug-likeness (QED) is 0.824. The van der Waals surface area contributed by atoms with Gasteiger partial charge in [-0.1, -0.05) is 19.9 Å². The van der Waals surface area contributed by atoms with Crippen molar-refractivity contribution in [2.45, 2.75) is 38.6 Å². The highest BCUT2D eigenvalue weighted by atomic mass is 19.1. The molecule has 1 aromatic heterocycles. The maximum atomic E-state index is 13.9. The number of nitrogens with one attached hydrogen (secondary N) is 2. The molecule has 2 heterocycles. The molecule has 2 N–H and O–H groups in total. The van der Waals surface area contributed by atoms with Crippen molar-refractivity contribution >= 4 is 11.8 Å². The number of carbonyl (C=O) groups is 2. The molecule has 2 aromatic rings. The Bertz CT molecular complexity index is 810. The van der Waals surface area contributed by atoms with Gasteiger partial charge in [-0.15, -0.1) is 0 Å². The van der Waals surface area contributed by atoms with Crippen molar-refractivity contribution in [1.29, 1.82) is 0 Å². The van der Waals surface area contributed by atoms with Crippen LogP contribution in [-0.4, -0.2) is 46.0 Å². The molecule has 2 amide bonds. The van der Waals surface area contributed by atoms with Crippen LogP contribution in [0.25, 0.3) is 0 Å². The molecule has 0 spiro atoms. The second-order valence-corrected chi connectivity index (χ2v) is 7.40. The molecule has 1 aromatic carbocycles. The number of nitrogens with zero attached hydrogens (tertiary/aromatic N) is 2. The number of likely N-dealkylation sites (tertiary alicyclic amines) is 1. The van der Waals surface area contributed by atoms with Gasteiger partial charge in [0.05, 0.1) is 0 Å². The van der Waals surface area contributed by atoms with Crippen LogP contribution >= 0.6 is 0 Å². The molecule has 0 saturated carbocycles. The van der Waals surface area contributed by atoms with E-state index in [0.717, 1.165) is 30.7 Å². The first-order chi connectivity index (χ1) is 13.4. The topological polar surface area (TPSA) is 78.1 Å². The van der Waals surface area contributed by atoms with Crippen LogP contribution in [0.3, 0.4) is 0 Å². The first-order valence-corrected chi connectivity index (χ1v) is 9.41. The lowest BCUT2D eigenvalue weighted by Crippen LogP contribution is -2.53. The van der Waals surface area contributed by atoms with Crippen molar-refractivity contribution in [2.24, 2.45) is 5.92 Å². The maximum absolute atomic E-state index is 13.9. The molecular formula is C20H24F2N4O2. The van der Waals surface area contributed by atoms with Crippen molar-refractivity contribution in [3.63, 3.8) is 0 Å². The minimum Gasteiger partial charge on any atom is -0.341 e. The number of aromatic nitrogens is 2. The van der Waals surface area contributed by atoms with E-state index >= 15 is 0 Å². The average Bonchev–Trinajstić information content (AvgIpc) is 3.20. The van der Waals surface area contributed by atoms with Gasteiger partial charge in [0.25, 0.3) is 5.91 Å². The lowest BCUT2D eigenvalue weighted by atomic mass is 9.92. The number of carbonyl (C=O) groups excluding carboxylic acids is 2. The van der Waals surface area contributed by atoms with Gasteiger partial charge in [0.1, 0.15) is 23.2 Å². The first-order valence-electron chi connectivity index (χ1n) is 9.41. The van der Waals surface area contributed by atoms with Crippen molar-refractivity contribution in [3.05, 3.63) is 53.4 Å². The minimum absolute atomic E-state index is 0.225. The van der Waals surface area contributed by atoms with Gasteiger partial charge in [-0.2, -0.15) is 5.10 Å². The largest absolute Gasteiger partial charge is 0.341 e. The van der Waals surface area contributed by atoms with Gasteiger partial charge in [-0.05, 0) is 37.0 Å². The Morgan fingerprint density at radius 3 is 2.36 bits per heavy atom. The number of hydrogen-bond donors (Lipinski definition) is 2. The Kier molecular flexibility index (Phi) is 6.06. The van der Waals surface area contributed by atoms with Crippen LogP contribution in [0.15, 0.2) is 30.5 Å². The molecule has 0 aliphatic carbocycles. The molecule has 1 saturated heterocycles. The highest BCUT2D eigenvalue weighted by Gasteiger charge is 2.33. The molecule has 0 radical (unpaired) electrons. The second kappa shape index (κ2) is 8.50. The third-order valence-electron chi connectivity index (χ3n) is 5.18. The SMILES string of the molecule is CC(C)C(NC(=O)c1c(F)cccc1F)C(=O)N1CCC(c2ccn[nH]2)CC1. The van der Waals surface area contributed by atoms with E-state index in [2.05, 4.69) is 15.5 Å². The van der Waals surface area contributed by atoms with Crippen LogP contribution in [0.2, 0.25) is 0 Å². The summed E-state index contributed by atoms with van der Waals surface area (Å²) in [6, 6.07) is 4.31. The molecule has 8 heteroatoms. The zero-order valence-corrected chi connectivity index (χ0v) is 15.9. The predicted molar refractivity (Wildman–Crippen MR) is 99.6 cm³/mol. The van der Waals surface area contributed by atoms with Gasteiger partial charge in [-0.25, -0.2) is 8.78 Å². The van der Waals surface area contributed by atoms with E-state index < -0.39 is 29.1 Å². The summed E-state index contributed by atoms with van der Waals surface area (Å²) < 4.78 is 27.8. The van der Waals surface area contributed by atoms with Crippen LogP contribution in [-0.2, 0) is 4.79 Å². The monoisotopic (exact) mass is 390 g/mol. The second-order valence-electron chi connectivity index (χ2n) is 7.40. The summed E-state index contributed by atoms with van der Waals surface area (Å²) in [4.78, 5) is 27.1. The van der Waals surface area contributed by atoms with Crippen molar-refractivity contribution in [2.75, 3.05) is 13.1 Å². The summed E-state index contributed by atoms with van der Waals surface area (Å²) >= 11 is 0. The molecule has 1 unspecified atom stereocenters. The lowest BCUT2D eigenvalue weighted by Gasteiger charge is -2.35. The number of aromatic amines is 1. The van der Waals surface area contributed by atoms with E-state index in [1.165, 1.54) is 6.07 Å². The van der Waals surface area contributed by atoms with E-state index in [1.807, 2.05) is 6.07 Å². The van der Waals surface area contributed by atoms with E-state index in [4.69, 9.17) is 0 Å². The average molecular weight is 390 g/mol. The fourth-order valence-electron chi connectivity index (χ4n) is 3.54. The minimum atomic E-state index is -0.951. The van der Waals surface area contributed by atoms with E-state index in [0.29, 0.717) is 19.0 Å². The maximum Gasteiger partial charge on any atom is 0.257 e. The number of rotatable bonds is 5. The zero-order valence-electron chi connectivity index (χ0n) is 15.9. The molecular weight excluding hydrogens is 366 g/mol. The summed E-state index contributed by atoms with van der Waals surface area (Å²) in [7, 11) is 0. The Morgan fingerprint density at radius 1 is 1.18 bits per heavy atom. The highest BCUT2D eigenvalue weighted by Crippen LogP contribution is 2.27. The number of halogens is 2. The van der Waals surface area contributed by atoms with Crippen molar-refractivity contribution in [1.82, 2.24) is 20.4 Å². The molecule has 150 valence electrons. The summed E-state index contributed by atoms with van der Waals surface area (Å²) in [5.74, 6) is -2.97. The van der Waals surface area contributed by atoms with Crippen LogP contribution < -0.4 is 5.32 Å². The lowest BCUT2D eigenvalue weighted by molar-refractivity contribution is -0.135. The van der Waals surface area contributed by atoms with Crippen LogP contribution in [0.1, 0.15) is 48.7 Å². The van der Waals surface area contributed by atoms with Crippen LogP contribution in [0.5, 0.6) is 0 Å². The third kappa shape index (κ3) is 4.21. The number of piperidine rings is 1. The number of amides is 2. The molecule has 3 rings (SSSR count). The fraction of sp³-hybridized carbons (Fsp3) is 0.450. The summed E-state index contributed by atoms with van der Waals surface area (Å²) in [6.45, 7) is 4.68. The smallest absolute Gasteiger partial charge is 0.257 e. The van der Waals surface area contributed by atoms with Gasteiger partial charge >= 0.3 is 0 Å². The molecule has 6 nitrogen and oxygen atoms in total. The van der Waals surface area contributed by atoms with Crippen molar-refractivity contribution < 1.29 is 18.4 Å². The summed E-state index contributed by atoms with van der Waals surface area (Å²) in [5, 5.41) is 9.45. The van der Waals surface area contributed by atoms with Gasteiger partial charge in [0.2, 0.25) is 5.91 Å². The van der Waals surface area contributed by atoms with E-state index in [-0.39, 0.29) is 11.8 Å². The Hall–Kier alpha value is -2.77. The van der Waals surface area contributed by atoms with Gasteiger partial charge in [0, 0.05) is 30.9 Å². The van der Waals surface area contributed by atoms with E-state index in [9.17, 15) is 18.4 Å². The van der Waals surface area contributed by atoms with Gasteiger partial charge in [-0.3, -0.25) is 14.7 Å². The summed E-state index contributed by atoms with van der Waals surface area (Å²) in [6.07, 6.45) is 3.28. The Morgan fingerprint density at radius 2 is 1.82 bits per heavy atom. The number of benzene rings is 1. The zero-order chi connectivity index (χ0) is 20.3. The molecule has 1 aliphatic heterocycles. The highest BCUT2D eigenvalue weighted by molar-refractivity contribution is 5.98. The van der Waals surface area contributed by atoms with E-state index in [1.54, 1.807) is 24.9 Å². The van der Waals surface area contributed by atoms with Crippen LogP contribution in [0, 0.1) is 17.6 Å². The molecule has 1 atom stereocenters. The number of H-pyrrole nitrogens is 1. The first kappa shape index (κ1) is 20.0. The Balaban J connectivity index is 1.67. The molecule has 28 heavy (non-hydrogen) atoms.